The summed E-state index contributed by atoms with van der Waals surface area (Å²) >= 11 is 0. The summed E-state index contributed by atoms with van der Waals surface area (Å²) in [6.07, 6.45) is 0. The second-order valence-corrected chi connectivity index (χ2v) is 9.70. The molecule has 0 aromatic heterocycles. The van der Waals surface area contributed by atoms with Crippen molar-refractivity contribution < 1.29 is 0 Å². The number of benzene rings is 6. The van der Waals surface area contributed by atoms with Crippen molar-refractivity contribution in [1.29, 1.82) is 10.5 Å². The molecule has 0 fully saturated rings. The minimum absolute atomic E-state index is 0.646. The molecule has 0 saturated carbocycles. The summed E-state index contributed by atoms with van der Waals surface area (Å²) in [5.74, 6) is 0. The van der Waals surface area contributed by atoms with Crippen molar-refractivity contribution in [3.05, 3.63) is 157 Å². The molecule has 0 atom stereocenters. The van der Waals surface area contributed by atoms with Gasteiger partial charge in [-0.3, -0.25) is 0 Å². The minimum Gasteiger partial charge on any atom is -0.192 e. The highest BCUT2D eigenvalue weighted by Crippen LogP contribution is 2.33. The van der Waals surface area contributed by atoms with Crippen LogP contribution >= 0.6 is 0 Å². The molecular weight excluding hydrogens is 484 g/mol. The molecule has 186 valence electrons. The van der Waals surface area contributed by atoms with Crippen LogP contribution in [-0.4, -0.2) is 0 Å². The Balaban J connectivity index is 1.31. The van der Waals surface area contributed by atoms with Gasteiger partial charge in [0.05, 0.1) is 23.3 Å². The van der Waals surface area contributed by atoms with E-state index in [2.05, 4.69) is 103 Å². The predicted octanol–water partition coefficient (Wildman–Crippen LogP) is 9.76. The largest absolute Gasteiger partial charge is 0.192 e. The van der Waals surface area contributed by atoms with E-state index in [1.54, 1.807) is 0 Å². The maximum absolute atomic E-state index is 9.69. The third kappa shape index (κ3) is 5.16. The number of nitriles is 2. The molecule has 0 bridgehead atoms. The first-order chi connectivity index (χ1) is 19.7. The van der Waals surface area contributed by atoms with E-state index in [1.165, 1.54) is 0 Å². The smallest absolute Gasteiger partial charge is 0.0992 e. The summed E-state index contributed by atoms with van der Waals surface area (Å²) in [5.41, 5.74) is 12.3. The summed E-state index contributed by atoms with van der Waals surface area (Å²) in [6.45, 7) is 0. The quantitative estimate of drug-likeness (QED) is 0.233. The highest BCUT2D eigenvalue weighted by Gasteiger charge is 2.08. The lowest BCUT2D eigenvalue weighted by Gasteiger charge is -2.11. The average Bonchev–Trinajstić information content (AvgIpc) is 3.05. The van der Waals surface area contributed by atoms with Crippen LogP contribution in [0.2, 0.25) is 0 Å². The Morgan fingerprint density at radius 1 is 0.275 bits per heavy atom. The second kappa shape index (κ2) is 11.0. The van der Waals surface area contributed by atoms with Gasteiger partial charge in [-0.05, 0) is 98.1 Å². The first-order valence-electron chi connectivity index (χ1n) is 13.1. The van der Waals surface area contributed by atoms with Crippen LogP contribution in [0.3, 0.4) is 0 Å². The van der Waals surface area contributed by atoms with Gasteiger partial charge in [0.15, 0.2) is 0 Å². The Hall–Kier alpha value is -5.70. The van der Waals surface area contributed by atoms with Crippen LogP contribution in [-0.2, 0) is 0 Å². The van der Waals surface area contributed by atoms with E-state index in [0.29, 0.717) is 11.1 Å². The van der Waals surface area contributed by atoms with Crippen molar-refractivity contribution in [1.82, 2.24) is 0 Å². The molecule has 2 heteroatoms. The van der Waals surface area contributed by atoms with Gasteiger partial charge in [0.1, 0.15) is 0 Å². The van der Waals surface area contributed by atoms with Crippen LogP contribution in [0.5, 0.6) is 0 Å². The van der Waals surface area contributed by atoms with E-state index in [9.17, 15) is 5.26 Å². The summed E-state index contributed by atoms with van der Waals surface area (Å²) < 4.78 is 0. The van der Waals surface area contributed by atoms with Gasteiger partial charge in [-0.2, -0.15) is 10.5 Å². The minimum atomic E-state index is 0.646. The molecule has 0 heterocycles. The lowest BCUT2D eigenvalue weighted by Crippen LogP contribution is -1.87. The number of hydrogen-bond acceptors (Lipinski definition) is 2. The van der Waals surface area contributed by atoms with Crippen molar-refractivity contribution in [3.63, 3.8) is 0 Å². The van der Waals surface area contributed by atoms with Gasteiger partial charge in [0.2, 0.25) is 0 Å². The zero-order chi connectivity index (χ0) is 27.3. The summed E-state index contributed by atoms with van der Waals surface area (Å²) in [6, 6.07) is 54.0. The molecule has 6 aromatic rings. The molecule has 6 aromatic carbocycles. The van der Waals surface area contributed by atoms with Gasteiger partial charge in [0.25, 0.3) is 0 Å². The van der Waals surface area contributed by atoms with Crippen molar-refractivity contribution in [2.75, 3.05) is 0 Å². The normalized spacial score (nSPS) is 10.4. The summed E-state index contributed by atoms with van der Waals surface area (Å²) in [5, 5.41) is 18.7. The monoisotopic (exact) mass is 508 g/mol. The molecular formula is C38H24N2. The fraction of sp³-hybridized carbons (Fsp3) is 0. The van der Waals surface area contributed by atoms with E-state index in [-0.39, 0.29) is 0 Å². The molecule has 0 radical (unpaired) electrons. The number of nitrogens with zero attached hydrogens (tertiary/aromatic N) is 2. The van der Waals surface area contributed by atoms with Crippen molar-refractivity contribution in [2.45, 2.75) is 0 Å². The Kier molecular flexibility index (Phi) is 6.75. The van der Waals surface area contributed by atoms with Gasteiger partial charge in [-0.15, -0.1) is 0 Å². The Morgan fingerprint density at radius 3 is 1.15 bits per heavy atom. The lowest BCUT2D eigenvalue weighted by molar-refractivity contribution is 1.48. The fourth-order valence-corrected chi connectivity index (χ4v) is 5.01. The maximum atomic E-state index is 9.69. The van der Waals surface area contributed by atoms with E-state index in [4.69, 9.17) is 5.26 Å². The van der Waals surface area contributed by atoms with E-state index in [0.717, 1.165) is 55.6 Å². The van der Waals surface area contributed by atoms with Crippen molar-refractivity contribution in [2.24, 2.45) is 0 Å². The molecule has 6 rings (SSSR count). The zero-order valence-electron chi connectivity index (χ0n) is 21.8. The lowest BCUT2D eigenvalue weighted by atomic mass is 9.93. The summed E-state index contributed by atoms with van der Waals surface area (Å²) in [4.78, 5) is 0. The van der Waals surface area contributed by atoms with Crippen LogP contribution in [0.15, 0.2) is 146 Å². The van der Waals surface area contributed by atoms with Crippen LogP contribution in [0.25, 0.3) is 55.6 Å². The third-order valence-corrected chi connectivity index (χ3v) is 7.13. The molecule has 0 amide bonds. The predicted molar refractivity (Wildman–Crippen MR) is 163 cm³/mol. The summed E-state index contributed by atoms with van der Waals surface area (Å²) in [7, 11) is 0. The highest BCUT2D eigenvalue weighted by molar-refractivity contribution is 5.80. The molecule has 0 aliphatic heterocycles. The standard InChI is InChI=1S/C38H24N2/c39-25-27-12-14-30(15-13-27)31-16-18-32(19-17-31)33-8-4-9-34(22-33)35-10-5-11-36(23-35)38-21-28(26-40)20-37(24-38)29-6-2-1-3-7-29/h1-24H. The fourth-order valence-electron chi connectivity index (χ4n) is 5.01. The van der Waals surface area contributed by atoms with Crippen LogP contribution in [0.4, 0.5) is 0 Å². The molecule has 2 nitrogen and oxygen atoms in total. The molecule has 0 spiro atoms. The third-order valence-electron chi connectivity index (χ3n) is 7.13. The molecule has 0 aliphatic rings. The molecule has 0 N–H and O–H groups in total. The maximum Gasteiger partial charge on any atom is 0.0992 e. The highest BCUT2D eigenvalue weighted by atomic mass is 14.2. The molecule has 0 aliphatic carbocycles. The first kappa shape index (κ1) is 24.6. The molecule has 0 unspecified atom stereocenters. The average molecular weight is 509 g/mol. The van der Waals surface area contributed by atoms with Gasteiger partial charge in [0, 0.05) is 0 Å². The Morgan fingerprint density at radius 2 is 0.625 bits per heavy atom. The van der Waals surface area contributed by atoms with Gasteiger partial charge >= 0.3 is 0 Å². The SMILES string of the molecule is N#Cc1ccc(-c2ccc(-c3cccc(-c4cccc(-c5cc(C#N)cc(-c6ccccc6)c5)c4)c3)cc2)cc1. The van der Waals surface area contributed by atoms with E-state index in [1.807, 2.05) is 54.6 Å². The van der Waals surface area contributed by atoms with Gasteiger partial charge < -0.3 is 0 Å². The topological polar surface area (TPSA) is 47.6 Å². The number of rotatable bonds is 5. The van der Waals surface area contributed by atoms with Crippen LogP contribution in [0, 0.1) is 22.7 Å². The number of hydrogen-bond donors (Lipinski definition) is 0. The van der Waals surface area contributed by atoms with Crippen LogP contribution in [0.1, 0.15) is 11.1 Å². The van der Waals surface area contributed by atoms with Crippen LogP contribution < -0.4 is 0 Å². The second-order valence-electron chi connectivity index (χ2n) is 9.70. The Labute approximate surface area is 234 Å². The van der Waals surface area contributed by atoms with E-state index >= 15 is 0 Å². The Bertz CT molecular complexity index is 1890. The first-order valence-corrected chi connectivity index (χ1v) is 13.1. The zero-order valence-corrected chi connectivity index (χ0v) is 21.8. The van der Waals surface area contributed by atoms with Gasteiger partial charge in [-0.1, -0.05) is 103 Å². The molecule has 40 heavy (non-hydrogen) atoms. The van der Waals surface area contributed by atoms with E-state index < -0.39 is 0 Å². The van der Waals surface area contributed by atoms with Gasteiger partial charge in [-0.25, -0.2) is 0 Å². The van der Waals surface area contributed by atoms with Crippen molar-refractivity contribution in [3.8, 4) is 67.8 Å². The molecule has 0 saturated heterocycles. The van der Waals surface area contributed by atoms with Crippen molar-refractivity contribution >= 4 is 0 Å².